The van der Waals surface area contributed by atoms with E-state index in [9.17, 15) is 4.39 Å². The highest BCUT2D eigenvalue weighted by atomic mass is 79.9. The Morgan fingerprint density at radius 2 is 1.76 bits per heavy atom. The average molecular weight is 350 g/mol. The maximum atomic E-state index is 13.4. The number of benzene rings is 2. The molecule has 0 aliphatic carbocycles. The number of halogens is 2. The Bertz CT molecular complexity index is 655. The number of ether oxygens (including phenoxy) is 2. The molecule has 0 spiro atoms. The molecule has 108 valence electrons. The molecule has 0 radical (unpaired) electrons. The van der Waals surface area contributed by atoms with Crippen LogP contribution in [0.5, 0.6) is 11.5 Å². The van der Waals surface area contributed by atoms with Crippen molar-refractivity contribution in [3.63, 3.8) is 0 Å². The number of hydrogen-bond donors (Lipinski definition) is 0. The molecule has 0 saturated carbocycles. The second kappa shape index (κ2) is 7.65. The molecular weight excluding hydrogens is 337 g/mol. The minimum atomic E-state index is -0.394. The summed E-state index contributed by atoms with van der Waals surface area (Å²) in [5.41, 5.74) is 0.497. The van der Waals surface area contributed by atoms with Gasteiger partial charge in [-0.15, -0.1) is 0 Å². The number of nitrogens with zero attached hydrogens (tertiary/aromatic N) is 1. The molecule has 2 rings (SSSR count). The van der Waals surface area contributed by atoms with E-state index in [-0.39, 0.29) is 5.75 Å². The minimum absolute atomic E-state index is 0.210. The highest BCUT2D eigenvalue weighted by Crippen LogP contribution is 2.22. The van der Waals surface area contributed by atoms with E-state index in [1.165, 1.54) is 6.07 Å². The number of nitriles is 1. The first-order chi connectivity index (χ1) is 10.2. The summed E-state index contributed by atoms with van der Waals surface area (Å²) in [5, 5.41) is 8.93. The molecule has 2 aromatic rings. The Morgan fingerprint density at radius 1 is 1.05 bits per heavy atom. The molecule has 0 aliphatic rings. The second-order valence-electron chi connectivity index (χ2n) is 4.23. The zero-order valence-corrected chi connectivity index (χ0v) is 12.8. The Labute approximate surface area is 131 Å². The number of hydrogen-bond acceptors (Lipinski definition) is 3. The van der Waals surface area contributed by atoms with Crippen LogP contribution in [0.2, 0.25) is 0 Å². The molecule has 0 aliphatic heterocycles. The molecule has 5 heteroatoms. The van der Waals surface area contributed by atoms with Crippen molar-refractivity contribution >= 4 is 15.9 Å². The average Bonchev–Trinajstić information content (AvgIpc) is 2.50. The van der Waals surface area contributed by atoms with Gasteiger partial charge in [0.05, 0.1) is 18.8 Å². The van der Waals surface area contributed by atoms with Gasteiger partial charge < -0.3 is 9.47 Å². The first kappa shape index (κ1) is 15.3. The molecule has 21 heavy (non-hydrogen) atoms. The fourth-order valence-electron chi connectivity index (χ4n) is 1.70. The van der Waals surface area contributed by atoms with Gasteiger partial charge in [0.15, 0.2) is 11.6 Å². The van der Waals surface area contributed by atoms with Crippen LogP contribution in [0, 0.1) is 17.1 Å². The predicted octanol–water partition coefficient (Wildman–Crippen LogP) is 4.31. The van der Waals surface area contributed by atoms with Crippen LogP contribution in [0.25, 0.3) is 0 Å². The van der Waals surface area contributed by atoms with Crippen molar-refractivity contribution in [2.75, 3.05) is 13.2 Å². The Hall–Kier alpha value is -2.06. The summed E-state index contributed by atoms with van der Waals surface area (Å²) in [6.45, 7) is 0.733. The third kappa shape index (κ3) is 4.47. The van der Waals surface area contributed by atoms with Crippen LogP contribution >= 0.6 is 15.9 Å². The van der Waals surface area contributed by atoms with Crippen LogP contribution in [0.1, 0.15) is 12.0 Å². The molecule has 0 heterocycles. The number of para-hydroxylation sites is 1. The van der Waals surface area contributed by atoms with Crippen molar-refractivity contribution < 1.29 is 13.9 Å². The van der Waals surface area contributed by atoms with E-state index < -0.39 is 5.82 Å². The van der Waals surface area contributed by atoms with Crippen molar-refractivity contribution in [3.05, 3.63) is 58.3 Å². The highest BCUT2D eigenvalue weighted by Gasteiger charge is 2.04. The Balaban J connectivity index is 1.78. The quantitative estimate of drug-likeness (QED) is 0.729. The van der Waals surface area contributed by atoms with Crippen LogP contribution in [-0.2, 0) is 0 Å². The molecular formula is C16H13BrFNO2. The fourth-order valence-corrected chi connectivity index (χ4v) is 2.04. The van der Waals surface area contributed by atoms with Crippen LogP contribution in [0.15, 0.2) is 46.9 Å². The first-order valence-corrected chi connectivity index (χ1v) is 7.20. The van der Waals surface area contributed by atoms with E-state index in [0.29, 0.717) is 30.9 Å². The molecule has 0 fully saturated rings. The van der Waals surface area contributed by atoms with E-state index >= 15 is 0 Å². The molecule has 0 bridgehead atoms. The van der Waals surface area contributed by atoms with Crippen molar-refractivity contribution in [1.82, 2.24) is 0 Å². The zero-order chi connectivity index (χ0) is 15.1. The molecule has 0 saturated heterocycles. The van der Waals surface area contributed by atoms with Crippen LogP contribution in [0.3, 0.4) is 0 Å². The summed E-state index contributed by atoms with van der Waals surface area (Å²) in [6.07, 6.45) is 0.589. The van der Waals surface area contributed by atoms with Crippen molar-refractivity contribution in [3.8, 4) is 17.6 Å². The largest absolute Gasteiger partial charge is 0.492 e. The summed E-state index contributed by atoms with van der Waals surface area (Å²) < 4.78 is 25.1. The van der Waals surface area contributed by atoms with Crippen molar-refractivity contribution in [2.45, 2.75) is 6.42 Å². The standard InChI is InChI=1S/C16H13BrFNO2/c17-13-6-7-14(18)16(10-13)21-9-3-8-20-15-5-2-1-4-12(15)11-19/h1-2,4-7,10H,3,8-9H2. The van der Waals surface area contributed by atoms with E-state index in [2.05, 4.69) is 22.0 Å². The second-order valence-corrected chi connectivity index (χ2v) is 5.15. The maximum absolute atomic E-state index is 13.4. The molecule has 0 amide bonds. The summed E-state index contributed by atoms with van der Waals surface area (Å²) in [4.78, 5) is 0. The van der Waals surface area contributed by atoms with Crippen LogP contribution < -0.4 is 9.47 Å². The van der Waals surface area contributed by atoms with Gasteiger partial charge in [0.25, 0.3) is 0 Å². The SMILES string of the molecule is N#Cc1ccccc1OCCCOc1cc(Br)ccc1F. The van der Waals surface area contributed by atoms with Gasteiger partial charge in [-0.25, -0.2) is 4.39 Å². The van der Waals surface area contributed by atoms with Crippen LogP contribution in [0.4, 0.5) is 4.39 Å². The van der Waals surface area contributed by atoms with Gasteiger partial charge >= 0.3 is 0 Å². The first-order valence-electron chi connectivity index (χ1n) is 6.40. The van der Waals surface area contributed by atoms with E-state index in [0.717, 1.165) is 4.47 Å². The summed E-state index contributed by atoms with van der Waals surface area (Å²) >= 11 is 3.26. The van der Waals surface area contributed by atoms with Gasteiger partial charge in [0.2, 0.25) is 0 Å². The minimum Gasteiger partial charge on any atom is -0.492 e. The van der Waals surface area contributed by atoms with Gasteiger partial charge in [0, 0.05) is 10.9 Å². The van der Waals surface area contributed by atoms with E-state index in [1.807, 2.05) is 6.07 Å². The summed E-state index contributed by atoms with van der Waals surface area (Å²) in [5.74, 6) is 0.365. The maximum Gasteiger partial charge on any atom is 0.165 e. The van der Waals surface area contributed by atoms with E-state index in [4.69, 9.17) is 14.7 Å². The van der Waals surface area contributed by atoms with Gasteiger partial charge in [-0.1, -0.05) is 28.1 Å². The van der Waals surface area contributed by atoms with Crippen LogP contribution in [-0.4, -0.2) is 13.2 Å². The molecule has 0 atom stereocenters. The van der Waals surface area contributed by atoms with Gasteiger partial charge in [-0.2, -0.15) is 5.26 Å². The zero-order valence-electron chi connectivity index (χ0n) is 11.2. The van der Waals surface area contributed by atoms with Gasteiger partial charge in [0.1, 0.15) is 11.8 Å². The Morgan fingerprint density at radius 3 is 2.52 bits per heavy atom. The smallest absolute Gasteiger partial charge is 0.165 e. The summed E-state index contributed by atoms with van der Waals surface area (Å²) in [7, 11) is 0. The van der Waals surface area contributed by atoms with E-state index in [1.54, 1.807) is 30.3 Å². The third-order valence-corrected chi connectivity index (χ3v) is 3.20. The molecule has 0 unspecified atom stereocenters. The lowest BCUT2D eigenvalue weighted by molar-refractivity contribution is 0.241. The van der Waals surface area contributed by atoms with Crippen molar-refractivity contribution in [1.29, 1.82) is 5.26 Å². The summed E-state index contributed by atoms with van der Waals surface area (Å²) in [6, 6.07) is 13.6. The monoisotopic (exact) mass is 349 g/mol. The molecule has 3 nitrogen and oxygen atoms in total. The lowest BCUT2D eigenvalue weighted by atomic mass is 10.2. The third-order valence-electron chi connectivity index (χ3n) is 2.70. The lowest BCUT2D eigenvalue weighted by Crippen LogP contribution is -2.06. The Kier molecular flexibility index (Phi) is 5.59. The molecule has 0 N–H and O–H groups in total. The molecule has 2 aromatic carbocycles. The lowest BCUT2D eigenvalue weighted by Gasteiger charge is -2.09. The van der Waals surface area contributed by atoms with Gasteiger partial charge in [-0.05, 0) is 30.3 Å². The van der Waals surface area contributed by atoms with Gasteiger partial charge in [-0.3, -0.25) is 0 Å². The molecule has 0 aromatic heterocycles. The van der Waals surface area contributed by atoms with Crippen molar-refractivity contribution in [2.24, 2.45) is 0 Å². The normalized spacial score (nSPS) is 9.95. The predicted molar refractivity (Wildman–Crippen MR) is 80.9 cm³/mol. The number of rotatable bonds is 6. The highest BCUT2D eigenvalue weighted by molar-refractivity contribution is 9.10. The fraction of sp³-hybridized carbons (Fsp3) is 0.188. The topological polar surface area (TPSA) is 42.2 Å².